The minimum Gasteiger partial charge on any atom is -0.387 e. The van der Waals surface area contributed by atoms with Crippen molar-refractivity contribution in [2.45, 2.75) is 64.9 Å². The zero-order valence-corrected chi connectivity index (χ0v) is 14.4. The summed E-state index contributed by atoms with van der Waals surface area (Å²) in [6.45, 7) is 4.37. The maximum atomic E-state index is 10.5. The Morgan fingerprint density at radius 2 is 2.05 bits per heavy atom. The molecule has 3 heteroatoms. The van der Waals surface area contributed by atoms with Gasteiger partial charge in [0.2, 0.25) is 0 Å². The molecule has 1 N–H and O–H groups in total. The molecule has 1 atom stereocenters. The van der Waals surface area contributed by atoms with Crippen LogP contribution in [0.15, 0.2) is 9.85 Å². The van der Waals surface area contributed by atoms with Crippen molar-refractivity contribution in [3.05, 3.63) is 20.3 Å². The van der Waals surface area contributed by atoms with Gasteiger partial charge in [0.15, 0.2) is 0 Å². The number of hydrogen-bond donors (Lipinski definition) is 1. The summed E-state index contributed by atoms with van der Waals surface area (Å²) in [6, 6.07) is 2.14. The Labute approximate surface area is 129 Å². The summed E-state index contributed by atoms with van der Waals surface area (Å²) in [5.41, 5.74) is 1.25. The van der Waals surface area contributed by atoms with Gasteiger partial charge in [0.25, 0.3) is 0 Å². The smallest absolute Gasteiger partial charge is 0.0910 e. The number of aliphatic hydroxyl groups excluding tert-OH is 1. The zero-order valence-electron chi connectivity index (χ0n) is 12.0. The number of hydrogen-bond acceptors (Lipinski definition) is 2. The number of aryl methyl sites for hydroxylation is 1. The second kappa shape index (κ2) is 7.24. The van der Waals surface area contributed by atoms with Gasteiger partial charge in [0.1, 0.15) is 0 Å². The lowest BCUT2D eigenvalue weighted by molar-refractivity contribution is 0.0747. The molecule has 1 unspecified atom stereocenters. The Balaban J connectivity index is 1.87. The van der Waals surface area contributed by atoms with E-state index in [1.165, 1.54) is 50.5 Å². The van der Waals surface area contributed by atoms with Crippen molar-refractivity contribution in [2.75, 3.05) is 0 Å². The SMILES string of the molecule is CCCCC1CCC(C(O)c2cc(C)c(Br)s2)CC1. The molecule has 108 valence electrons. The van der Waals surface area contributed by atoms with E-state index < -0.39 is 0 Å². The first-order valence-corrected chi connectivity index (χ1v) is 9.16. The van der Waals surface area contributed by atoms with E-state index in [1.807, 2.05) is 0 Å². The molecule has 1 nitrogen and oxygen atoms in total. The lowest BCUT2D eigenvalue weighted by Crippen LogP contribution is -2.20. The summed E-state index contributed by atoms with van der Waals surface area (Å²) >= 11 is 5.25. The molecule has 1 saturated carbocycles. The summed E-state index contributed by atoms with van der Waals surface area (Å²) in [6.07, 6.45) is 8.85. The van der Waals surface area contributed by atoms with Gasteiger partial charge >= 0.3 is 0 Å². The second-order valence-electron chi connectivity index (χ2n) is 5.97. The van der Waals surface area contributed by atoms with Crippen LogP contribution in [0.3, 0.4) is 0 Å². The van der Waals surface area contributed by atoms with Gasteiger partial charge < -0.3 is 5.11 Å². The fourth-order valence-corrected chi connectivity index (χ4v) is 4.80. The summed E-state index contributed by atoms with van der Waals surface area (Å²) in [5, 5.41) is 10.5. The van der Waals surface area contributed by atoms with E-state index in [2.05, 4.69) is 35.8 Å². The molecule has 0 radical (unpaired) electrons. The third-order valence-corrected chi connectivity index (χ3v) is 6.68. The number of rotatable bonds is 5. The van der Waals surface area contributed by atoms with Crippen LogP contribution >= 0.6 is 27.3 Å². The Morgan fingerprint density at radius 1 is 1.37 bits per heavy atom. The highest BCUT2D eigenvalue weighted by Gasteiger charge is 2.28. The summed E-state index contributed by atoms with van der Waals surface area (Å²) < 4.78 is 1.16. The number of unbranched alkanes of at least 4 members (excludes halogenated alkanes) is 1. The average Bonchev–Trinajstić information content (AvgIpc) is 2.76. The van der Waals surface area contributed by atoms with Gasteiger partial charge in [-0.2, -0.15) is 0 Å². The second-order valence-corrected chi connectivity index (χ2v) is 8.38. The van der Waals surface area contributed by atoms with Crippen LogP contribution in [0, 0.1) is 18.8 Å². The largest absolute Gasteiger partial charge is 0.387 e. The molecule has 0 bridgehead atoms. The quantitative estimate of drug-likeness (QED) is 0.710. The fraction of sp³-hybridized carbons (Fsp3) is 0.750. The van der Waals surface area contributed by atoms with Crippen molar-refractivity contribution in [1.82, 2.24) is 0 Å². The van der Waals surface area contributed by atoms with Crippen LogP contribution in [0.4, 0.5) is 0 Å². The molecular weight excluding hydrogens is 320 g/mol. The highest BCUT2D eigenvalue weighted by atomic mass is 79.9. The van der Waals surface area contributed by atoms with Gasteiger partial charge in [0, 0.05) is 4.88 Å². The van der Waals surface area contributed by atoms with E-state index in [4.69, 9.17) is 0 Å². The first-order valence-electron chi connectivity index (χ1n) is 7.55. The maximum Gasteiger partial charge on any atom is 0.0910 e. The number of aliphatic hydroxyl groups is 1. The molecule has 0 aliphatic heterocycles. The topological polar surface area (TPSA) is 20.2 Å². The fourth-order valence-electron chi connectivity index (χ4n) is 3.15. The maximum absolute atomic E-state index is 10.5. The minimum atomic E-state index is -0.248. The number of halogens is 1. The molecule has 19 heavy (non-hydrogen) atoms. The van der Waals surface area contributed by atoms with Gasteiger partial charge in [-0.1, -0.05) is 39.0 Å². The first kappa shape index (κ1) is 15.5. The van der Waals surface area contributed by atoms with Gasteiger partial charge in [-0.3, -0.25) is 0 Å². The van der Waals surface area contributed by atoms with E-state index in [0.717, 1.165) is 14.6 Å². The van der Waals surface area contributed by atoms with E-state index in [1.54, 1.807) is 11.3 Å². The van der Waals surface area contributed by atoms with E-state index >= 15 is 0 Å². The Bertz CT molecular complexity index is 374. The van der Waals surface area contributed by atoms with Crippen LogP contribution in [0.2, 0.25) is 0 Å². The van der Waals surface area contributed by atoms with Gasteiger partial charge in [-0.05, 0) is 59.2 Å². The van der Waals surface area contributed by atoms with E-state index in [9.17, 15) is 5.11 Å². The predicted octanol–water partition coefficient (Wildman–Crippen LogP) is 5.85. The molecule has 2 rings (SSSR count). The summed E-state index contributed by atoms with van der Waals surface area (Å²) in [5.74, 6) is 1.39. The van der Waals surface area contributed by atoms with Gasteiger partial charge in [-0.15, -0.1) is 11.3 Å². The van der Waals surface area contributed by atoms with Crippen LogP contribution in [0.5, 0.6) is 0 Å². The lowest BCUT2D eigenvalue weighted by atomic mass is 9.77. The minimum absolute atomic E-state index is 0.248. The Kier molecular flexibility index (Phi) is 5.91. The van der Waals surface area contributed by atoms with Crippen LogP contribution in [0.1, 0.15) is 68.4 Å². The summed E-state index contributed by atoms with van der Waals surface area (Å²) in [4.78, 5) is 1.14. The molecule has 0 saturated heterocycles. The molecule has 1 aliphatic carbocycles. The highest BCUT2D eigenvalue weighted by Crippen LogP contribution is 2.41. The third kappa shape index (κ3) is 4.05. The molecule has 1 aromatic heterocycles. The van der Waals surface area contributed by atoms with Crippen molar-refractivity contribution in [3.63, 3.8) is 0 Å². The van der Waals surface area contributed by atoms with Crippen molar-refractivity contribution >= 4 is 27.3 Å². The highest BCUT2D eigenvalue weighted by molar-refractivity contribution is 9.11. The van der Waals surface area contributed by atoms with Crippen LogP contribution < -0.4 is 0 Å². The monoisotopic (exact) mass is 344 g/mol. The number of thiophene rings is 1. The average molecular weight is 345 g/mol. The van der Waals surface area contributed by atoms with Crippen molar-refractivity contribution in [3.8, 4) is 0 Å². The predicted molar refractivity (Wildman–Crippen MR) is 86.7 cm³/mol. The van der Waals surface area contributed by atoms with Crippen molar-refractivity contribution < 1.29 is 5.11 Å². The standard InChI is InChI=1S/C16H25BrOS/c1-3-4-5-12-6-8-13(9-7-12)15(18)14-10-11(2)16(17)19-14/h10,12-13,15,18H,3-9H2,1-2H3. The normalized spacial score (nSPS) is 25.5. The van der Waals surface area contributed by atoms with E-state index in [0.29, 0.717) is 5.92 Å². The van der Waals surface area contributed by atoms with Crippen LogP contribution in [-0.2, 0) is 0 Å². The zero-order chi connectivity index (χ0) is 13.8. The summed E-state index contributed by atoms with van der Waals surface area (Å²) in [7, 11) is 0. The molecule has 0 aromatic carbocycles. The molecule has 1 fully saturated rings. The molecular formula is C16H25BrOS. The van der Waals surface area contributed by atoms with Crippen LogP contribution in [-0.4, -0.2) is 5.11 Å². The molecule has 1 heterocycles. The molecule has 0 spiro atoms. The molecule has 0 amide bonds. The first-order chi connectivity index (χ1) is 9.11. The Hall–Kier alpha value is 0.140. The van der Waals surface area contributed by atoms with Crippen LogP contribution in [0.25, 0.3) is 0 Å². The van der Waals surface area contributed by atoms with Crippen molar-refractivity contribution in [1.29, 1.82) is 0 Å². The third-order valence-electron chi connectivity index (χ3n) is 4.47. The van der Waals surface area contributed by atoms with Crippen molar-refractivity contribution in [2.24, 2.45) is 11.8 Å². The van der Waals surface area contributed by atoms with Gasteiger partial charge in [-0.25, -0.2) is 0 Å². The molecule has 1 aliphatic rings. The Morgan fingerprint density at radius 3 is 2.58 bits per heavy atom. The lowest BCUT2D eigenvalue weighted by Gasteiger charge is -2.31. The van der Waals surface area contributed by atoms with E-state index in [-0.39, 0.29) is 6.10 Å². The molecule has 1 aromatic rings. The van der Waals surface area contributed by atoms with Gasteiger partial charge in [0.05, 0.1) is 9.89 Å².